The van der Waals surface area contributed by atoms with E-state index in [9.17, 15) is 4.79 Å². The van der Waals surface area contributed by atoms with Crippen molar-refractivity contribution in [2.45, 2.75) is 24.9 Å². The molecule has 1 aliphatic carbocycles. The Morgan fingerprint density at radius 3 is 2.83 bits per heavy atom. The van der Waals surface area contributed by atoms with Crippen LogP contribution in [0.25, 0.3) is 5.65 Å². The Balaban J connectivity index is 1.54. The summed E-state index contributed by atoms with van der Waals surface area (Å²) in [6, 6.07) is 11.0. The largest absolute Gasteiger partial charge is 0.485 e. The number of aromatic nitrogens is 3. The number of fused-ring (bicyclic) bond motifs is 2. The summed E-state index contributed by atoms with van der Waals surface area (Å²) in [6.07, 6.45) is 1.97. The van der Waals surface area contributed by atoms with Crippen LogP contribution in [0, 0.1) is 0 Å². The minimum atomic E-state index is -0.373. The Morgan fingerprint density at radius 1 is 1.17 bits per heavy atom. The van der Waals surface area contributed by atoms with Crippen molar-refractivity contribution in [2.75, 3.05) is 6.61 Å². The molecule has 0 spiro atoms. The second-order valence-electron chi connectivity index (χ2n) is 6.06. The third kappa shape index (κ3) is 2.10. The summed E-state index contributed by atoms with van der Waals surface area (Å²) in [7, 11) is 0. The Bertz CT molecular complexity index is 955. The quantitative estimate of drug-likeness (QED) is 0.789. The number of hydrogen-bond donors (Lipinski definition) is 1. The fourth-order valence-electron chi connectivity index (χ4n) is 2.96. The first-order valence-electron chi connectivity index (χ1n) is 7.79. The van der Waals surface area contributed by atoms with Crippen LogP contribution in [0.2, 0.25) is 0 Å². The number of aromatic amines is 1. The van der Waals surface area contributed by atoms with E-state index in [1.165, 1.54) is 23.4 Å². The molecule has 0 bridgehead atoms. The molecule has 5 rings (SSSR count). The van der Waals surface area contributed by atoms with Gasteiger partial charge < -0.3 is 9.47 Å². The number of ether oxygens (including phenoxy) is 2. The highest BCUT2D eigenvalue weighted by molar-refractivity contribution is 5.44. The van der Waals surface area contributed by atoms with Gasteiger partial charge in [-0.25, -0.2) is 9.50 Å². The van der Waals surface area contributed by atoms with Crippen LogP contribution >= 0.6 is 0 Å². The van der Waals surface area contributed by atoms with Crippen molar-refractivity contribution >= 4 is 5.65 Å². The lowest BCUT2D eigenvalue weighted by molar-refractivity contribution is 0.0883. The predicted molar refractivity (Wildman–Crippen MR) is 83.1 cm³/mol. The Kier molecular flexibility index (Phi) is 2.56. The monoisotopic (exact) mass is 309 g/mol. The van der Waals surface area contributed by atoms with E-state index in [2.05, 4.69) is 10.1 Å². The molecule has 6 heteroatoms. The molecule has 23 heavy (non-hydrogen) atoms. The van der Waals surface area contributed by atoms with Gasteiger partial charge in [0.15, 0.2) is 23.3 Å². The van der Waals surface area contributed by atoms with Gasteiger partial charge in [0, 0.05) is 23.7 Å². The highest BCUT2D eigenvalue weighted by Crippen LogP contribution is 2.39. The molecule has 3 heterocycles. The maximum absolute atomic E-state index is 12.3. The normalized spacial score (nSPS) is 19.9. The summed E-state index contributed by atoms with van der Waals surface area (Å²) in [5.41, 5.74) is 2.19. The van der Waals surface area contributed by atoms with Crippen LogP contribution in [0.15, 0.2) is 41.2 Å². The molecule has 3 aromatic rings. The van der Waals surface area contributed by atoms with Crippen LogP contribution < -0.4 is 15.0 Å². The minimum absolute atomic E-state index is 0.126. The van der Waals surface area contributed by atoms with E-state index < -0.39 is 0 Å². The third-order valence-corrected chi connectivity index (χ3v) is 4.35. The van der Waals surface area contributed by atoms with Gasteiger partial charge >= 0.3 is 0 Å². The van der Waals surface area contributed by atoms with Crippen LogP contribution in [0.4, 0.5) is 0 Å². The summed E-state index contributed by atoms with van der Waals surface area (Å²) in [6.45, 7) is 0.347. The number of rotatable bonds is 2. The molecule has 116 valence electrons. The average Bonchev–Trinajstić information content (AvgIpc) is 3.34. The van der Waals surface area contributed by atoms with E-state index >= 15 is 0 Å². The topological polar surface area (TPSA) is 68.6 Å². The second kappa shape index (κ2) is 4.62. The summed E-state index contributed by atoms with van der Waals surface area (Å²) < 4.78 is 13.2. The number of H-pyrrole nitrogens is 1. The van der Waals surface area contributed by atoms with E-state index in [1.54, 1.807) is 0 Å². The van der Waals surface area contributed by atoms with Crippen LogP contribution in [-0.4, -0.2) is 21.2 Å². The van der Waals surface area contributed by atoms with Gasteiger partial charge in [0.25, 0.3) is 5.56 Å². The van der Waals surface area contributed by atoms with Crippen molar-refractivity contribution in [3.8, 4) is 11.5 Å². The van der Waals surface area contributed by atoms with Gasteiger partial charge in [0.2, 0.25) is 0 Å². The van der Waals surface area contributed by atoms with Crippen molar-refractivity contribution < 1.29 is 9.47 Å². The number of hydrogen-bond acceptors (Lipinski definition) is 4. The molecule has 1 fully saturated rings. The zero-order valence-electron chi connectivity index (χ0n) is 12.4. The first-order chi connectivity index (χ1) is 11.3. The summed E-state index contributed by atoms with van der Waals surface area (Å²) in [4.78, 5) is 16.9. The molecule has 0 radical (unpaired) electrons. The van der Waals surface area contributed by atoms with Gasteiger partial charge in [-0.15, -0.1) is 0 Å². The Hall–Kier alpha value is -2.76. The summed E-state index contributed by atoms with van der Waals surface area (Å²) >= 11 is 0. The molecule has 6 nitrogen and oxygen atoms in total. The number of para-hydroxylation sites is 2. The highest BCUT2D eigenvalue weighted by Gasteiger charge is 2.27. The third-order valence-electron chi connectivity index (χ3n) is 4.35. The average molecular weight is 309 g/mol. The fourth-order valence-corrected chi connectivity index (χ4v) is 2.96. The Labute approximate surface area is 131 Å². The molecule has 0 saturated heterocycles. The van der Waals surface area contributed by atoms with Crippen LogP contribution in [0.1, 0.15) is 36.3 Å². The number of nitrogens with zero attached hydrogens (tertiary/aromatic N) is 2. The van der Waals surface area contributed by atoms with Gasteiger partial charge in [0.05, 0.1) is 5.69 Å². The van der Waals surface area contributed by atoms with E-state index in [4.69, 9.17) is 9.47 Å². The molecule has 2 aromatic heterocycles. The maximum atomic E-state index is 12.3. The molecule has 1 saturated carbocycles. The molecule has 1 atom stereocenters. The maximum Gasteiger partial charge on any atom is 0.273 e. The van der Waals surface area contributed by atoms with Gasteiger partial charge in [-0.1, -0.05) is 12.1 Å². The van der Waals surface area contributed by atoms with Gasteiger partial charge in [-0.05, 0) is 25.0 Å². The van der Waals surface area contributed by atoms with Gasteiger partial charge in [0.1, 0.15) is 6.61 Å². The first kappa shape index (κ1) is 12.8. The van der Waals surface area contributed by atoms with Crippen molar-refractivity contribution in [1.29, 1.82) is 0 Å². The van der Waals surface area contributed by atoms with Gasteiger partial charge in [-0.3, -0.25) is 9.89 Å². The summed E-state index contributed by atoms with van der Waals surface area (Å²) in [5.74, 6) is 1.94. The molecule has 1 unspecified atom stereocenters. The zero-order chi connectivity index (χ0) is 15.4. The van der Waals surface area contributed by atoms with Crippen molar-refractivity contribution in [2.24, 2.45) is 0 Å². The predicted octanol–water partition coefficient (Wildman–Crippen LogP) is 2.41. The molecule has 1 N–H and O–H groups in total. The lowest BCUT2D eigenvalue weighted by atomic mass is 10.2. The lowest BCUT2D eigenvalue weighted by Gasteiger charge is -2.25. The van der Waals surface area contributed by atoms with Crippen molar-refractivity contribution in [1.82, 2.24) is 14.6 Å². The van der Waals surface area contributed by atoms with Crippen LogP contribution in [0.3, 0.4) is 0 Å². The van der Waals surface area contributed by atoms with E-state index in [0.717, 1.165) is 11.4 Å². The van der Waals surface area contributed by atoms with Crippen molar-refractivity contribution in [3.05, 3.63) is 58.1 Å². The SMILES string of the molecule is O=c1cc(C2COc3ccccc3O2)nc2cc(C3CC3)[nH]n12. The number of benzene rings is 1. The molecule has 1 aliphatic heterocycles. The van der Waals surface area contributed by atoms with Crippen LogP contribution in [0.5, 0.6) is 11.5 Å². The smallest absolute Gasteiger partial charge is 0.273 e. The zero-order valence-corrected chi connectivity index (χ0v) is 12.4. The highest BCUT2D eigenvalue weighted by atomic mass is 16.6. The van der Waals surface area contributed by atoms with Crippen LogP contribution in [-0.2, 0) is 0 Å². The molecular formula is C17H15N3O3. The molecule has 1 aromatic carbocycles. The summed E-state index contributed by atoms with van der Waals surface area (Å²) in [5, 5.41) is 3.14. The minimum Gasteiger partial charge on any atom is -0.485 e. The molecular weight excluding hydrogens is 294 g/mol. The molecule has 2 aliphatic rings. The fraction of sp³-hybridized carbons (Fsp3) is 0.294. The lowest BCUT2D eigenvalue weighted by Crippen LogP contribution is -2.25. The standard InChI is InChI=1S/C17H15N3O3/c21-17-8-12(15-9-22-13-3-1-2-4-14(13)23-15)18-16-7-11(10-5-6-10)19-20(16)17/h1-4,7-8,10,15,19H,5-6,9H2. The van der Waals surface area contributed by atoms with E-state index in [-0.39, 0.29) is 11.7 Å². The molecule has 0 amide bonds. The van der Waals surface area contributed by atoms with Crippen molar-refractivity contribution in [3.63, 3.8) is 0 Å². The van der Waals surface area contributed by atoms with E-state index in [0.29, 0.717) is 29.6 Å². The second-order valence-corrected chi connectivity index (χ2v) is 6.06. The first-order valence-corrected chi connectivity index (χ1v) is 7.79. The van der Waals surface area contributed by atoms with E-state index in [1.807, 2.05) is 30.3 Å². The van der Waals surface area contributed by atoms with Gasteiger partial charge in [-0.2, -0.15) is 0 Å². The number of nitrogens with one attached hydrogen (secondary N) is 1. The Morgan fingerprint density at radius 2 is 2.00 bits per heavy atom.